The van der Waals surface area contributed by atoms with E-state index in [1.54, 1.807) is 0 Å². The van der Waals surface area contributed by atoms with Crippen molar-refractivity contribution in [3.05, 3.63) is 65.2 Å². The number of aryl methyl sites for hydroxylation is 1. The number of halogens is 1. The number of rotatable bonds is 7. The molecule has 0 bridgehead atoms. The van der Waals surface area contributed by atoms with Crippen LogP contribution in [0.25, 0.3) is 0 Å². The molecule has 5 nitrogen and oxygen atoms in total. The molecule has 2 aliphatic rings. The van der Waals surface area contributed by atoms with Crippen molar-refractivity contribution in [1.29, 1.82) is 0 Å². The molecule has 2 aromatic carbocycles. The van der Waals surface area contributed by atoms with Gasteiger partial charge in [0.25, 0.3) is 0 Å². The maximum atomic E-state index is 6.21. The van der Waals surface area contributed by atoms with E-state index in [2.05, 4.69) is 71.1 Å². The van der Waals surface area contributed by atoms with E-state index in [1.807, 2.05) is 7.05 Å². The van der Waals surface area contributed by atoms with Crippen LogP contribution >= 0.6 is 24.0 Å². The van der Waals surface area contributed by atoms with Crippen LogP contribution in [0.3, 0.4) is 0 Å². The Hall–Kier alpha value is -1.80. The molecule has 1 atom stereocenters. The average molecular weight is 521 g/mol. The van der Waals surface area contributed by atoms with Crippen molar-refractivity contribution >= 4 is 29.9 Å². The predicted octanol–water partition coefficient (Wildman–Crippen LogP) is 4.18. The first-order valence-electron chi connectivity index (χ1n) is 10.5. The van der Waals surface area contributed by atoms with Gasteiger partial charge < -0.3 is 20.1 Å². The van der Waals surface area contributed by atoms with Crippen molar-refractivity contribution in [3.8, 4) is 5.75 Å². The molecule has 162 valence electrons. The highest BCUT2D eigenvalue weighted by molar-refractivity contribution is 14.0. The Morgan fingerprint density at radius 1 is 1.17 bits per heavy atom. The highest BCUT2D eigenvalue weighted by Crippen LogP contribution is 2.47. The van der Waals surface area contributed by atoms with Gasteiger partial charge in [-0.2, -0.15) is 0 Å². The second kappa shape index (κ2) is 10.5. The van der Waals surface area contributed by atoms with Crippen molar-refractivity contribution < 1.29 is 9.47 Å². The van der Waals surface area contributed by atoms with Crippen LogP contribution < -0.4 is 15.4 Å². The lowest BCUT2D eigenvalue weighted by atomic mass is 9.96. The number of ether oxygens (including phenoxy) is 2. The molecule has 1 heterocycles. The van der Waals surface area contributed by atoms with E-state index in [9.17, 15) is 0 Å². The zero-order chi connectivity index (χ0) is 20.1. The van der Waals surface area contributed by atoms with Crippen molar-refractivity contribution in [1.82, 2.24) is 10.6 Å². The Morgan fingerprint density at radius 3 is 2.63 bits per heavy atom. The molecular weight excluding hydrogens is 489 g/mol. The number of aliphatic imine (C=N–C) groups is 1. The topological polar surface area (TPSA) is 54.9 Å². The molecule has 1 saturated heterocycles. The summed E-state index contributed by atoms with van der Waals surface area (Å²) in [6.07, 6.45) is 3.54. The SMILES string of the molecule is CN=C(NCc1ccc(C)cc1OC1CCOC1)NCC1(c2ccccc2)CC1.I. The van der Waals surface area contributed by atoms with E-state index >= 15 is 0 Å². The fourth-order valence-corrected chi connectivity index (χ4v) is 3.87. The second-order valence-electron chi connectivity index (χ2n) is 8.14. The van der Waals surface area contributed by atoms with Crippen LogP contribution in [0.1, 0.15) is 36.0 Å². The molecular formula is C24H32IN3O2. The van der Waals surface area contributed by atoms with Gasteiger partial charge in [-0.3, -0.25) is 4.99 Å². The normalized spacial score (nSPS) is 19.7. The maximum absolute atomic E-state index is 6.21. The van der Waals surface area contributed by atoms with E-state index in [1.165, 1.54) is 24.0 Å². The Morgan fingerprint density at radius 2 is 1.97 bits per heavy atom. The molecule has 0 aromatic heterocycles. The number of guanidine groups is 1. The summed E-state index contributed by atoms with van der Waals surface area (Å²) in [6, 6.07) is 17.1. The molecule has 6 heteroatoms. The molecule has 30 heavy (non-hydrogen) atoms. The lowest BCUT2D eigenvalue weighted by Crippen LogP contribution is -2.41. The Balaban J connectivity index is 0.00000256. The van der Waals surface area contributed by atoms with Gasteiger partial charge in [-0.05, 0) is 37.0 Å². The number of hydrogen-bond donors (Lipinski definition) is 2. The van der Waals surface area contributed by atoms with E-state index in [4.69, 9.17) is 9.47 Å². The van der Waals surface area contributed by atoms with Gasteiger partial charge in [0, 0.05) is 37.5 Å². The Kier molecular flexibility index (Phi) is 7.99. The first-order chi connectivity index (χ1) is 14.2. The van der Waals surface area contributed by atoms with Gasteiger partial charge in [-0.25, -0.2) is 0 Å². The minimum absolute atomic E-state index is 0. The molecule has 2 fully saturated rings. The van der Waals surface area contributed by atoms with Crippen molar-refractivity contribution in [2.75, 3.05) is 26.8 Å². The van der Waals surface area contributed by atoms with Crippen LogP contribution in [-0.2, 0) is 16.7 Å². The van der Waals surface area contributed by atoms with Crippen molar-refractivity contribution in [3.63, 3.8) is 0 Å². The highest BCUT2D eigenvalue weighted by atomic mass is 127. The molecule has 0 spiro atoms. The smallest absolute Gasteiger partial charge is 0.191 e. The van der Waals surface area contributed by atoms with Crippen LogP contribution in [-0.4, -0.2) is 38.9 Å². The Labute approximate surface area is 196 Å². The first kappa shape index (κ1) is 22.9. The lowest BCUT2D eigenvalue weighted by Gasteiger charge is -2.20. The van der Waals surface area contributed by atoms with Crippen molar-refractivity contribution in [2.45, 2.75) is 44.2 Å². The third-order valence-corrected chi connectivity index (χ3v) is 5.91. The summed E-state index contributed by atoms with van der Waals surface area (Å²) in [6.45, 7) is 5.11. The van der Waals surface area contributed by atoms with E-state index in [0.717, 1.165) is 36.8 Å². The van der Waals surface area contributed by atoms with E-state index in [0.29, 0.717) is 13.2 Å². The molecule has 1 unspecified atom stereocenters. The highest BCUT2D eigenvalue weighted by Gasteiger charge is 2.44. The summed E-state index contributed by atoms with van der Waals surface area (Å²) in [5.74, 6) is 1.76. The summed E-state index contributed by atoms with van der Waals surface area (Å²) in [5, 5.41) is 6.97. The largest absolute Gasteiger partial charge is 0.488 e. The minimum Gasteiger partial charge on any atom is -0.488 e. The quantitative estimate of drug-likeness (QED) is 0.326. The first-order valence-corrected chi connectivity index (χ1v) is 10.5. The van der Waals surface area contributed by atoms with Gasteiger partial charge in [-0.15, -0.1) is 24.0 Å². The van der Waals surface area contributed by atoms with Crippen LogP contribution in [0.2, 0.25) is 0 Å². The third kappa shape index (κ3) is 5.66. The van der Waals surface area contributed by atoms with Gasteiger partial charge in [0.2, 0.25) is 0 Å². The van der Waals surface area contributed by atoms with Gasteiger partial charge in [-0.1, -0.05) is 42.5 Å². The van der Waals surface area contributed by atoms with Crippen molar-refractivity contribution in [2.24, 2.45) is 4.99 Å². The summed E-state index contributed by atoms with van der Waals surface area (Å²) < 4.78 is 11.7. The minimum atomic E-state index is 0. The standard InChI is InChI=1S/C24H31N3O2.HI/c1-18-8-9-19(22(14-18)29-21-10-13-28-16-21)15-26-23(25-2)27-17-24(11-12-24)20-6-4-3-5-7-20;/h3-9,14,21H,10-13,15-17H2,1-2H3,(H2,25,26,27);1H. The second-order valence-corrected chi connectivity index (χ2v) is 8.14. The number of nitrogens with zero attached hydrogens (tertiary/aromatic N) is 1. The fourth-order valence-electron chi connectivity index (χ4n) is 3.87. The molecule has 1 aliphatic carbocycles. The van der Waals surface area contributed by atoms with Gasteiger partial charge in [0.15, 0.2) is 5.96 Å². The predicted molar refractivity (Wildman–Crippen MR) is 132 cm³/mol. The van der Waals surface area contributed by atoms with Crippen LogP contribution in [0, 0.1) is 6.92 Å². The maximum Gasteiger partial charge on any atom is 0.191 e. The summed E-state index contributed by atoms with van der Waals surface area (Å²) in [5.41, 5.74) is 3.99. The number of hydrogen-bond acceptors (Lipinski definition) is 3. The number of nitrogens with one attached hydrogen (secondary N) is 2. The fraction of sp³-hybridized carbons (Fsp3) is 0.458. The van der Waals surface area contributed by atoms with Crippen LogP contribution in [0.15, 0.2) is 53.5 Å². The van der Waals surface area contributed by atoms with Gasteiger partial charge in [0.05, 0.1) is 13.2 Å². The summed E-state index contributed by atoms with van der Waals surface area (Å²) >= 11 is 0. The zero-order valence-corrected chi connectivity index (χ0v) is 20.1. The van der Waals surface area contributed by atoms with Crippen LogP contribution in [0.5, 0.6) is 5.75 Å². The molecule has 1 saturated carbocycles. The molecule has 1 aliphatic heterocycles. The zero-order valence-electron chi connectivity index (χ0n) is 17.8. The Bertz CT molecular complexity index is 847. The monoisotopic (exact) mass is 521 g/mol. The molecule has 2 aromatic rings. The molecule has 4 rings (SSSR count). The molecule has 0 radical (unpaired) electrons. The molecule has 0 amide bonds. The summed E-state index contributed by atoms with van der Waals surface area (Å²) in [4.78, 5) is 4.41. The number of benzene rings is 2. The van der Waals surface area contributed by atoms with Gasteiger partial charge >= 0.3 is 0 Å². The third-order valence-electron chi connectivity index (χ3n) is 5.91. The van der Waals surface area contributed by atoms with Gasteiger partial charge in [0.1, 0.15) is 11.9 Å². The summed E-state index contributed by atoms with van der Waals surface area (Å²) in [7, 11) is 1.82. The van der Waals surface area contributed by atoms with E-state index in [-0.39, 0.29) is 35.5 Å². The molecule has 2 N–H and O–H groups in total. The lowest BCUT2D eigenvalue weighted by molar-refractivity contribution is 0.140. The van der Waals surface area contributed by atoms with E-state index < -0.39 is 0 Å². The average Bonchev–Trinajstić information content (AvgIpc) is 3.37. The van der Waals surface area contributed by atoms with Crippen LogP contribution in [0.4, 0.5) is 0 Å².